The lowest BCUT2D eigenvalue weighted by atomic mass is 10.1. The standard InChI is InChI=1S/C20H22N2O4S/c1-14-6-4-7-15(10-14)11-16(17-8-5-9-27-17)20(25)26-13-18(23)21-12-19(24)22(2)3/h4-11H,12-13H2,1-3H3,(H,21,23)/b16-11+. The summed E-state index contributed by atoms with van der Waals surface area (Å²) in [6, 6.07) is 11.4. The molecule has 142 valence electrons. The van der Waals surface area contributed by atoms with Gasteiger partial charge in [0.1, 0.15) is 0 Å². The number of carbonyl (C=O) groups is 3. The molecule has 0 saturated carbocycles. The molecule has 1 aromatic carbocycles. The summed E-state index contributed by atoms with van der Waals surface area (Å²) in [5.74, 6) is -1.36. The number of nitrogens with zero attached hydrogens (tertiary/aromatic N) is 1. The molecule has 6 nitrogen and oxygen atoms in total. The SMILES string of the molecule is Cc1cccc(/C=C(/C(=O)OCC(=O)NCC(=O)N(C)C)c2cccs2)c1. The molecule has 0 saturated heterocycles. The fraction of sp³-hybridized carbons (Fsp3) is 0.250. The van der Waals surface area contributed by atoms with Gasteiger partial charge in [0.2, 0.25) is 5.91 Å². The smallest absolute Gasteiger partial charge is 0.340 e. The van der Waals surface area contributed by atoms with Crippen LogP contribution < -0.4 is 5.32 Å². The Hall–Kier alpha value is -2.93. The van der Waals surface area contributed by atoms with Gasteiger partial charge in [-0.2, -0.15) is 0 Å². The molecule has 2 aromatic rings. The molecular formula is C20H22N2O4S. The molecule has 0 bridgehead atoms. The highest BCUT2D eigenvalue weighted by Gasteiger charge is 2.17. The molecule has 0 radical (unpaired) electrons. The number of hydrogen-bond donors (Lipinski definition) is 1. The number of carbonyl (C=O) groups excluding carboxylic acids is 3. The Balaban J connectivity index is 2.05. The highest BCUT2D eigenvalue weighted by Crippen LogP contribution is 2.24. The van der Waals surface area contributed by atoms with Gasteiger partial charge in [0.15, 0.2) is 6.61 Å². The van der Waals surface area contributed by atoms with E-state index in [0.29, 0.717) is 5.57 Å². The molecule has 0 aliphatic heterocycles. The largest absolute Gasteiger partial charge is 0.452 e. The summed E-state index contributed by atoms with van der Waals surface area (Å²) in [5, 5.41) is 4.29. The predicted molar refractivity (Wildman–Crippen MR) is 106 cm³/mol. The summed E-state index contributed by atoms with van der Waals surface area (Å²) in [7, 11) is 3.19. The van der Waals surface area contributed by atoms with Crippen molar-refractivity contribution in [2.75, 3.05) is 27.2 Å². The Kier molecular flexibility index (Phi) is 7.31. The predicted octanol–water partition coefficient (Wildman–Crippen LogP) is 2.34. The van der Waals surface area contributed by atoms with E-state index in [1.807, 2.05) is 48.7 Å². The van der Waals surface area contributed by atoms with E-state index in [9.17, 15) is 14.4 Å². The normalized spacial score (nSPS) is 11.0. The average molecular weight is 386 g/mol. The van der Waals surface area contributed by atoms with Gasteiger partial charge in [0, 0.05) is 19.0 Å². The maximum atomic E-state index is 12.5. The van der Waals surface area contributed by atoms with E-state index in [2.05, 4.69) is 5.32 Å². The van der Waals surface area contributed by atoms with Gasteiger partial charge in [-0.1, -0.05) is 35.9 Å². The third-order valence-corrected chi connectivity index (χ3v) is 4.53. The number of rotatable bonds is 7. The van der Waals surface area contributed by atoms with Crippen LogP contribution in [0.25, 0.3) is 11.6 Å². The van der Waals surface area contributed by atoms with Crippen molar-refractivity contribution in [3.63, 3.8) is 0 Å². The molecule has 0 aliphatic rings. The number of esters is 1. The van der Waals surface area contributed by atoms with Crippen LogP contribution in [0.4, 0.5) is 0 Å². The van der Waals surface area contributed by atoms with Crippen molar-refractivity contribution in [3.05, 3.63) is 57.8 Å². The van der Waals surface area contributed by atoms with Crippen molar-refractivity contribution in [3.8, 4) is 0 Å². The summed E-state index contributed by atoms with van der Waals surface area (Å²) in [6.45, 7) is 1.39. The third-order valence-electron chi connectivity index (χ3n) is 3.63. The zero-order chi connectivity index (χ0) is 19.8. The van der Waals surface area contributed by atoms with Gasteiger partial charge in [-0.15, -0.1) is 11.3 Å². The quantitative estimate of drug-likeness (QED) is 0.585. The lowest BCUT2D eigenvalue weighted by molar-refractivity contribution is -0.143. The zero-order valence-corrected chi connectivity index (χ0v) is 16.3. The van der Waals surface area contributed by atoms with Gasteiger partial charge in [-0.05, 0) is 30.0 Å². The first-order valence-electron chi connectivity index (χ1n) is 8.33. The van der Waals surface area contributed by atoms with Crippen LogP contribution in [-0.4, -0.2) is 49.9 Å². The summed E-state index contributed by atoms with van der Waals surface area (Å²) in [6.07, 6.45) is 1.74. The number of amides is 2. The van der Waals surface area contributed by atoms with Crippen LogP contribution in [0, 0.1) is 6.92 Å². The van der Waals surface area contributed by atoms with E-state index in [-0.39, 0.29) is 12.5 Å². The van der Waals surface area contributed by atoms with Crippen molar-refractivity contribution in [2.45, 2.75) is 6.92 Å². The molecule has 2 amide bonds. The number of ether oxygens (including phenoxy) is 1. The van der Waals surface area contributed by atoms with Crippen LogP contribution >= 0.6 is 11.3 Å². The summed E-state index contributed by atoms with van der Waals surface area (Å²) < 4.78 is 5.15. The van der Waals surface area contributed by atoms with Crippen LogP contribution in [0.3, 0.4) is 0 Å². The van der Waals surface area contributed by atoms with E-state index in [4.69, 9.17) is 4.74 Å². The van der Waals surface area contributed by atoms with Crippen molar-refractivity contribution in [2.24, 2.45) is 0 Å². The Morgan fingerprint density at radius 1 is 1.19 bits per heavy atom. The number of benzene rings is 1. The van der Waals surface area contributed by atoms with Crippen molar-refractivity contribution < 1.29 is 19.1 Å². The number of thiophene rings is 1. The molecule has 27 heavy (non-hydrogen) atoms. The second kappa shape index (κ2) is 9.68. The van der Waals surface area contributed by atoms with Crippen LogP contribution in [0.5, 0.6) is 0 Å². The summed E-state index contributed by atoms with van der Waals surface area (Å²) in [5.41, 5.74) is 2.33. The molecule has 0 fully saturated rings. The van der Waals surface area contributed by atoms with E-state index in [0.717, 1.165) is 16.0 Å². The van der Waals surface area contributed by atoms with Crippen molar-refractivity contribution >= 4 is 40.8 Å². The molecule has 1 N–H and O–H groups in total. The first-order valence-corrected chi connectivity index (χ1v) is 9.21. The molecule has 0 atom stereocenters. The van der Waals surface area contributed by atoms with Gasteiger partial charge in [0.05, 0.1) is 12.1 Å². The topological polar surface area (TPSA) is 75.7 Å². The van der Waals surface area contributed by atoms with Gasteiger partial charge in [0.25, 0.3) is 5.91 Å². The van der Waals surface area contributed by atoms with Crippen LogP contribution in [0.15, 0.2) is 41.8 Å². The van der Waals surface area contributed by atoms with Gasteiger partial charge in [-0.25, -0.2) is 4.79 Å². The number of aryl methyl sites for hydroxylation is 1. The number of nitrogens with one attached hydrogen (secondary N) is 1. The summed E-state index contributed by atoms with van der Waals surface area (Å²) in [4.78, 5) is 38.0. The van der Waals surface area contributed by atoms with E-state index in [1.165, 1.54) is 16.2 Å². The molecule has 0 aliphatic carbocycles. The molecular weight excluding hydrogens is 364 g/mol. The third kappa shape index (κ3) is 6.38. The molecule has 1 heterocycles. The lowest BCUT2D eigenvalue weighted by Crippen LogP contribution is -2.38. The first-order chi connectivity index (χ1) is 12.9. The second-order valence-corrected chi connectivity index (χ2v) is 7.04. The van der Waals surface area contributed by atoms with Crippen LogP contribution in [0.1, 0.15) is 16.0 Å². The van der Waals surface area contributed by atoms with Crippen molar-refractivity contribution in [1.29, 1.82) is 0 Å². The monoisotopic (exact) mass is 386 g/mol. The molecule has 1 aromatic heterocycles. The highest BCUT2D eigenvalue weighted by atomic mass is 32.1. The van der Waals surface area contributed by atoms with Crippen molar-refractivity contribution in [1.82, 2.24) is 10.2 Å². The van der Waals surface area contributed by atoms with Gasteiger partial charge >= 0.3 is 5.97 Å². The maximum absolute atomic E-state index is 12.5. The Morgan fingerprint density at radius 2 is 1.96 bits per heavy atom. The Labute approximate surface area is 162 Å². The van der Waals surface area contributed by atoms with E-state index >= 15 is 0 Å². The Bertz CT molecular complexity index is 841. The highest BCUT2D eigenvalue weighted by molar-refractivity contribution is 7.11. The van der Waals surface area contributed by atoms with Gasteiger partial charge < -0.3 is 15.0 Å². The molecule has 0 spiro atoms. The molecule has 2 rings (SSSR count). The minimum atomic E-state index is -0.590. The first kappa shape index (κ1) is 20.4. The zero-order valence-electron chi connectivity index (χ0n) is 15.5. The Morgan fingerprint density at radius 3 is 2.59 bits per heavy atom. The average Bonchev–Trinajstić information content (AvgIpc) is 3.16. The maximum Gasteiger partial charge on any atom is 0.340 e. The fourth-order valence-electron chi connectivity index (χ4n) is 2.18. The van der Waals surface area contributed by atoms with E-state index < -0.39 is 18.5 Å². The molecule has 0 unspecified atom stereocenters. The van der Waals surface area contributed by atoms with Crippen LogP contribution in [0.2, 0.25) is 0 Å². The van der Waals surface area contributed by atoms with Gasteiger partial charge in [-0.3, -0.25) is 9.59 Å². The summed E-state index contributed by atoms with van der Waals surface area (Å²) >= 11 is 1.41. The second-order valence-electron chi connectivity index (χ2n) is 6.09. The minimum Gasteiger partial charge on any atom is -0.452 e. The fourth-order valence-corrected chi connectivity index (χ4v) is 2.91. The lowest BCUT2D eigenvalue weighted by Gasteiger charge is -2.11. The van der Waals surface area contributed by atoms with Crippen LogP contribution in [-0.2, 0) is 19.1 Å². The number of likely N-dealkylation sites (N-methyl/N-ethyl adjacent to an activating group) is 1. The van der Waals surface area contributed by atoms with E-state index in [1.54, 1.807) is 20.2 Å². The molecule has 7 heteroatoms. The minimum absolute atomic E-state index is 0.139. The number of hydrogen-bond acceptors (Lipinski definition) is 5.